The first kappa shape index (κ1) is 14.1. The summed E-state index contributed by atoms with van der Waals surface area (Å²) in [7, 11) is 0. The van der Waals surface area contributed by atoms with Crippen molar-refractivity contribution < 1.29 is 0 Å². The zero-order chi connectivity index (χ0) is 14.1. The summed E-state index contributed by atoms with van der Waals surface area (Å²) in [5.74, 6) is 3.07. The average molecular weight is 271 g/mol. The summed E-state index contributed by atoms with van der Waals surface area (Å²) in [6.07, 6.45) is 7.38. The van der Waals surface area contributed by atoms with Gasteiger partial charge in [0.25, 0.3) is 0 Å². The summed E-state index contributed by atoms with van der Waals surface area (Å²) in [6.45, 7) is 7.76. The summed E-state index contributed by atoms with van der Waals surface area (Å²) < 4.78 is 0. The molecule has 3 rings (SSSR count). The summed E-state index contributed by atoms with van der Waals surface area (Å²) in [5, 5.41) is 3.75. The molecule has 0 aliphatic heterocycles. The highest BCUT2D eigenvalue weighted by Crippen LogP contribution is 2.51. The lowest BCUT2D eigenvalue weighted by molar-refractivity contribution is 0.280. The first-order valence-corrected chi connectivity index (χ1v) is 8.48. The van der Waals surface area contributed by atoms with Crippen molar-refractivity contribution in [2.75, 3.05) is 6.54 Å². The second kappa shape index (κ2) is 5.89. The highest BCUT2D eigenvalue weighted by Gasteiger charge is 2.40. The molecule has 2 saturated carbocycles. The van der Waals surface area contributed by atoms with Gasteiger partial charge in [0.05, 0.1) is 0 Å². The van der Waals surface area contributed by atoms with Gasteiger partial charge in [0, 0.05) is 6.04 Å². The maximum atomic E-state index is 3.75. The summed E-state index contributed by atoms with van der Waals surface area (Å²) in [5.41, 5.74) is 4.36. The van der Waals surface area contributed by atoms with Crippen LogP contribution in [0.1, 0.15) is 61.8 Å². The Balaban J connectivity index is 1.75. The Morgan fingerprint density at radius 2 is 2.05 bits per heavy atom. The molecule has 2 fully saturated rings. The average Bonchev–Trinajstić information content (AvgIpc) is 3.00. The Kier molecular flexibility index (Phi) is 4.16. The number of hydrogen-bond donors (Lipinski definition) is 1. The van der Waals surface area contributed by atoms with Gasteiger partial charge in [0.15, 0.2) is 0 Å². The van der Waals surface area contributed by atoms with Crippen molar-refractivity contribution in [2.45, 2.75) is 58.9 Å². The molecule has 20 heavy (non-hydrogen) atoms. The van der Waals surface area contributed by atoms with Gasteiger partial charge in [-0.15, -0.1) is 0 Å². The fourth-order valence-electron chi connectivity index (χ4n) is 4.75. The monoisotopic (exact) mass is 271 g/mol. The standard InChI is InChI=1S/C19H29N/c1-4-20-19(18-8-5-13(2)9-14(18)3)12-17-11-15-6-7-16(17)10-15/h5,8-9,15-17,19-20H,4,6-7,10-12H2,1-3H3. The van der Waals surface area contributed by atoms with Gasteiger partial charge in [-0.25, -0.2) is 0 Å². The molecule has 0 spiro atoms. The van der Waals surface area contributed by atoms with Crippen LogP contribution in [0.5, 0.6) is 0 Å². The molecule has 0 radical (unpaired) electrons. The molecule has 2 bridgehead atoms. The first-order valence-electron chi connectivity index (χ1n) is 8.48. The Morgan fingerprint density at radius 3 is 2.65 bits per heavy atom. The van der Waals surface area contributed by atoms with Crippen molar-refractivity contribution in [1.82, 2.24) is 5.32 Å². The van der Waals surface area contributed by atoms with E-state index in [-0.39, 0.29) is 0 Å². The topological polar surface area (TPSA) is 12.0 Å². The molecule has 4 unspecified atom stereocenters. The van der Waals surface area contributed by atoms with Gasteiger partial charge in [-0.3, -0.25) is 0 Å². The van der Waals surface area contributed by atoms with Gasteiger partial charge < -0.3 is 5.32 Å². The van der Waals surface area contributed by atoms with E-state index in [9.17, 15) is 0 Å². The smallest absolute Gasteiger partial charge is 0.0325 e. The van der Waals surface area contributed by atoms with E-state index < -0.39 is 0 Å². The van der Waals surface area contributed by atoms with Crippen LogP contribution in [0.3, 0.4) is 0 Å². The third kappa shape index (κ3) is 2.79. The number of aryl methyl sites for hydroxylation is 2. The van der Waals surface area contributed by atoms with Crippen molar-refractivity contribution in [3.8, 4) is 0 Å². The minimum atomic E-state index is 0.560. The number of fused-ring (bicyclic) bond motifs is 2. The van der Waals surface area contributed by atoms with Gasteiger partial charge in [-0.05, 0) is 75.0 Å². The minimum Gasteiger partial charge on any atom is -0.310 e. The van der Waals surface area contributed by atoms with E-state index in [2.05, 4.69) is 44.3 Å². The van der Waals surface area contributed by atoms with E-state index in [0.717, 1.165) is 24.3 Å². The number of rotatable bonds is 5. The van der Waals surface area contributed by atoms with Crippen LogP contribution in [0.4, 0.5) is 0 Å². The van der Waals surface area contributed by atoms with E-state index in [1.165, 1.54) is 48.8 Å². The van der Waals surface area contributed by atoms with Gasteiger partial charge in [-0.1, -0.05) is 37.1 Å². The van der Waals surface area contributed by atoms with Gasteiger partial charge in [0.2, 0.25) is 0 Å². The first-order chi connectivity index (χ1) is 9.67. The molecule has 2 aliphatic rings. The van der Waals surface area contributed by atoms with Gasteiger partial charge >= 0.3 is 0 Å². The zero-order valence-corrected chi connectivity index (χ0v) is 13.3. The highest BCUT2D eigenvalue weighted by molar-refractivity contribution is 5.33. The van der Waals surface area contributed by atoms with E-state index in [0.29, 0.717) is 6.04 Å². The van der Waals surface area contributed by atoms with Crippen molar-refractivity contribution in [1.29, 1.82) is 0 Å². The fraction of sp³-hybridized carbons (Fsp3) is 0.684. The quantitative estimate of drug-likeness (QED) is 0.812. The Hall–Kier alpha value is -0.820. The number of nitrogens with one attached hydrogen (secondary N) is 1. The van der Waals surface area contributed by atoms with E-state index >= 15 is 0 Å². The van der Waals surface area contributed by atoms with Crippen molar-refractivity contribution in [3.05, 3.63) is 34.9 Å². The number of hydrogen-bond acceptors (Lipinski definition) is 1. The second-order valence-electron chi connectivity index (χ2n) is 7.14. The molecule has 0 heterocycles. The van der Waals surface area contributed by atoms with Crippen LogP contribution in [0.25, 0.3) is 0 Å². The lowest BCUT2D eigenvalue weighted by Crippen LogP contribution is -2.26. The van der Waals surface area contributed by atoms with Crippen LogP contribution in [-0.2, 0) is 0 Å². The molecule has 1 nitrogen and oxygen atoms in total. The van der Waals surface area contributed by atoms with E-state index in [4.69, 9.17) is 0 Å². The SMILES string of the molecule is CCNC(CC1CC2CCC1C2)c1ccc(C)cc1C. The molecular weight excluding hydrogens is 242 g/mol. The normalized spacial score (nSPS) is 29.9. The van der Waals surface area contributed by atoms with Crippen LogP contribution in [0.2, 0.25) is 0 Å². The molecule has 0 aromatic heterocycles. The predicted octanol–water partition coefficient (Wildman–Crippen LogP) is 4.78. The third-order valence-electron chi connectivity index (χ3n) is 5.67. The molecule has 4 atom stereocenters. The molecule has 1 heteroatoms. The highest BCUT2D eigenvalue weighted by atomic mass is 14.9. The van der Waals surface area contributed by atoms with Gasteiger partial charge in [-0.2, -0.15) is 0 Å². The van der Waals surface area contributed by atoms with E-state index in [1.807, 2.05) is 0 Å². The summed E-state index contributed by atoms with van der Waals surface area (Å²) >= 11 is 0. The van der Waals surface area contributed by atoms with Crippen LogP contribution < -0.4 is 5.32 Å². The van der Waals surface area contributed by atoms with Crippen molar-refractivity contribution in [2.24, 2.45) is 17.8 Å². The maximum absolute atomic E-state index is 3.75. The van der Waals surface area contributed by atoms with Crippen LogP contribution in [0.15, 0.2) is 18.2 Å². The molecular formula is C19H29N. The van der Waals surface area contributed by atoms with Crippen LogP contribution in [-0.4, -0.2) is 6.54 Å². The van der Waals surface area contributed by atoms with E-state index in [1.54, 1.807) is 0 Å². The Bertz CT molecular complexity index is 465. The second-order valence-corrected chi connectivity index (χ2v) is 7.14. The Morgan fingerprint density at radius 1 is 1.20 bits per heavy atom. The lowest BCUT2D eigenvalue weighted by Gasteiger charge is -2.28. The van der Waals surface area contributed by atoms with Crippen LogP contribution in [0, 0.1) is 31.6 Å². The van der Waals surface area contributed by atoms with Gasteiger partial charge in [0.1, 0.15) is 0 Å². The molecule has 110 valence electrons. The molecule has 2 aliphatic carbocycles. The molecule has 1 aromatic rings. The van der Waals surface area contributed by atoms with Crippen LogP contribution >= 0.6 is 0 Å². The zero-order valence-electron chi connectivity index (χ0n) is 13.3. The predicted molar refractivity (Wildman–Crippen MR) is 85.9 cm³/mol. The molecule has 1 N–H and O–H groups in total. The Labute approximate surface area is 124 Å². The largest absolute Gasteiger partial charge is 0.310 e. The third-order valence-corrected chi connectivity index (χ3v) is 5.67. The minimum absolute atomic E-state index is 0.560. The molecule has 0 saturated heterocycles. The number of benzene rings is 1. The summed E-state index contributed by atoms with van der Waals surface area (Å²) in [4.78, 5) is 0. The molecule has 0 amide bonds. The fourth-order valence-corrected chi connectivity index (χ4v) is 4.75. The molecule has 1 aromatic carbocycles. The maximum Gasteiger partial charge on any atom is 0.0325 e. The lowest BCUT2D eigenvalue weighted by atomic mass is 9.82. The van der Waals surface area contributed by atoms with Crippen molar-refractivity contribution >= 4 is 0 Å². The summed E-state index contributed by atoms with van der Waals surface area (Å²) in [6, 6.07) is 7.52. The van der Waals surface area contributed by atoms with Crippen molar-refractivity contribution in [3.63, 3.8) is 0 Å².